The minimum atomic E-state index is -0.0395. The predicted molar refractivity (Wildman–Crippen MR) is 134 cm³/mol. The highest BCUT2D eigenvalue weighted by Gasteiger charge is 2.31. The third-order valence-electron chi connectivity index (χ3n) is 5.62. The first-order valence-corrected chi connectivity index (χ1v) is 13.0. The van der Waals surface area contributed by atoms with Crippen molar-refractivity contribution in [3.05, 3.63) is 77.1 Å². The molecule has 0 N–H and O–H groups in total. The number of hydrogen-bond acceptors (Lipinski definition) is 6. The fourth-order valence-corrected chi connectivity index (χ4v) is 5.68. The molecular formula is C25H25N5OS2. The maximum atomic E-state index is 12.5. The van der Waals surface area contributed by atoms with Crippen LogP contribution >= 0.6 is 23.1 Å². The highest BCUT2D eigenvalue weighted by atomic mass is 32.2. The van der Waals surface area contributed by atoms with Gasteiger partial charge in [0.25, 0.3) is 0 Å². The molecule has 0 bridgehead atoms. The maximum absolute atomic E-state index is 12.5. The van der Waals surface area contributed by atoms with Gasteiger partial charge in [-0.15, -0.1) is 21.5 Å². The van der Waals surface area contributed by atoms with Crippen molar-refractivity contribution in [1.82, 2.24) is 19.7 Å². The second kappa shape index (κ2) is 9.49. The highest BCUT2D eigenvalue weighted by Crippen LogP contribution is 2.41. The Balaban J connectivity index is 1.38. The van der Waals surface area contributed by atoms with E-state index in [0.717, 1.165) is 40.0 Å². The van der Waals surface area contributed by atoms with Crippen LogP contribution in [-0.2, 0) is 17.0 Å². The van der Waals surface area contributed by atoms with Crippen LogP contribution in [0.5, 0.6) is 0 Å². The fourth-order valence-electron chi connectivity index (χ4n) is 3.84. The van der Waals surface area contributed by atoms with Crippen LogP contribution in [0, 0.1) is 0 Å². The topological polar surface area (TPSA) is 63.9 Å². The van der Waals surface area contributed by atoms with Gasteiger partial charge in [-0.1, -0.05) is 55.1 Å². The lowest BCUT2D eigenvalue weighted by molar-refractivity contribution is -0.115. The summed E-state index contributed by atoms with van der Waals surface area (Å²) in [4.78, 5) is 19.1. The molecule has 8 heteroatoms. The number of carbonyl (C=O) groups excluding carboxylic acids is 1. The Morgan fingerprint density at radius 2 is 1.88 bits per heavy atom. The quantitative estimate of drug-likeness (QED) is 0.286. The molecule has 4 aromatic rings. The SMILES string of the molecule is CCc1ccccc1N(C(C)=O)c1nc(CSc2nnc(C3CC3)n2-c2ccccc2)cs1. The Bertz CT molecular complexity index is 1260. The minimum absolute atomic E-state index is 0.0395. The molecule has 0 spiro atoms. The Hall–Kier alpha value is -2.97. The van der Waals surface area contributed by atoms with Gasteiger partial charge in [0.1, 0.15) is 5.82 Å². The van der Waals surface area contributed by atoms with Crippen LogP contribution in [0.4, 0.5) is 10.8 Å². The molecule has 2 heterocycles. The molecule has 0 radical (unpaired) electrons. The summed E-state index contributed by atoms with van der Waals surface area (Å²) in [6.07, 6.45) is 3.20. The number of aryl methyl sites for hydroxylation is 1. The average molecular weight is 476 g/mol. The summed E-state index contributed by atoms with van der Waals surface area (Å²) in [7, 11) is 0. The molecule has 0 saturated heterocycles. The van der Waals surface area contributed by atoms with Gasteiger partial charge in [0, 0.05) is 29.7 Å². The summed E-state index contributed by atoms with van der Waals surface area (Å²) in [5, 5.41) is 12.6. The van der Waals surface area contributed by atoms with E-state index >= 15 is 0 Å². The van der Waals surface area contributed by atoms with Crippen molar-refractivity contribution in [2.75, 3.05) is 4.90 Å². The van der Waals surface area contributed by atoms with Crippen molar-refractivity contribution >= 4 is 39.8 Å². The number of anilines is 2. The number of nitrogens with zero attached hydrogens (tertiary/aromatic N) is 5. The molecule has 1 amide bonds. The zero-order chi connectivity index (χ0) is 22.8. The van der Waals surface area contributed by atoms with E-state index in [2.05, 4.69) is 39.9 Å². The summed E-state index contributed by atoms with van der Waals surface area (Å²) in [6.45, 7) is 3.68. The number of amides is 1. The molecule has 5 rings (SSSR count). The third-order valence-corrected chi connectivity index (χ3v) is 7.46. The lowest BCUT2D eigenvalue weighted by Crippen LogP contribution is -2.23. The summed E-state index contributed by atoms with van der Waals surface area (Å²) in [6, 6.07) is 18.3. The van der Waals surface area contributed by atoms with E-state index in [1.54, 1.807) is 23.6 Å². The minimum Gasteiger partial charge on any atom is -0.274 e. The molecular weight excluding hydrogens is 450 g/mol. The van der Waals surface area contributed by atoms with Gasteiger partial charge in [0.15, 0.2) is 10.3 Å². The van der Waals surface area contributed by atoms with Crippen LogP contribution in [0.3, 0.4) is 0 Å². The molecule has 168 valence electrons. The second-order valence-electron chi connectivity index (χ2n) is 8.03. The molecule has 6 nitrogen and oxygen atoms in total. The van der Waals surface area contributed by atoms with Gasteiger partial charge in [0.2, 0.25) is 5.91 Å². The van der Waals surface area contributed by atoms with Crippen LogP contribution in [0.1, 0.15) is 49.7 Å². The van der Waals surface area contributed by atoms with Gasteiger partial charge in [-0.2, -0.15) is 0 Å². The first-order chi connectivity index (χ1) is 16.2. The van der Waals surface area contributed by atoms with Crippen LogP contribution in [-0.4, -0.2) is 25.7 Å². The number of aromatic nitrogens is 4. The first-order valence-electron chi connectivity index (χ1n) is 11.1. The molecule has 0 aliphatic heterocycles. The molecule has 1 fully saturated rings. The lowest BCUT2D eigenvalue weighted by atomic mass is 10.1. The van der Waals surface area contributed by atoms with Gasteiger partial charge in [-0.3, -0.25) is 14.3 Å². The van der Waals surface area contributed by atoms with Crippen LogP contribution in [0.2, 0.25) is 0 Å². The fraction of sp³-hybridized carbons (Fsp3) is 0.280. The summed E-state index contributed by atoms with van der Waals surface area (Å²) < 4.78 is 2.18. The van der Waals surface area contributed by atoms with Crippen LogP contribution < -0.4 is 4.90 Å². The van der Waals surface area contributed by atoms with E-state index in [-0.39, 0.29) is 5.91 Å². The van der Waals surface area contributed by atoms with Crippen LogP contribution in [0.25, 0.3) is 5.69 Å². The monoisotopic (exact) mass is 475 g/mol. The van der Waals surface area contributed by atoms with Crippen molar-refractivity contribution in [2.45, 2.75) is 49.9 Å². The average Bonchev–Trinajstić information content (AvgIpc) is 3.43. The number of carbonyl (C=O) groups is 1. The Kier molecular flexibility index (Phi) is 6.28. The number of thiazole rings is 1. The van der Waals surface area contributed by atoms with E-state index < -0.39 is 0 Å². The number of rotatable bonds is 8. The molecule has 1 saturated carbocycles. The van der Waals surface area contributed by atoms with Gasteiger partial charge < -0.3 is 0 Å². The van der Waals surface area contributed by atoms with Crippen molar-refractivity contribution < 1.29 is 4.79 Å². The predicted octanol–water partition coefficient (Wildman–Crippen LogP) is 6.14. The van der Waals surface area contributed by atoms with Crippen molar-refractivity contribution in [1.29, 1.82) is 0 Å². The molecule has 1 aliphatic rings. The summed E-state index contributed by atoms with van der Waals surface area (Å²) in [5.74, 6) is 2.16. The molecule has 2 aromatic heterocycles. The summed E-state index contributed by atoms with van der Waals surface area (Å²) >= 11 is 3.12. The van der Waals surface area contributed by atoms with E-state index in [1.807, 2.05) is 41.8 Å². The van der Waals surface area contributed by atoms with E-state index in [1.165, 1.54) is 24.2 Å². The van der Waals surface area contributed by atoms with E-state index in [4.69, 9.17) is 4.98 Å². The largest absolute Gasteiger partial charge is 0.274 e. The number of benzene rings is 2. The lowest BCUT2D eigenvalue weighted by Gasteiger charge is -2.20. The van der Waals surface area contributed by atoms with Crippen molar-refractivity contribution in [3.63, 3.8) is 0 Å². The molecule has 0 unspecified atom stereocenters. The van der Waals surface area contributed by atoms with E-state index in [9.17, 15) is 4.79 Å². The number of thioether (sulfide) groups is 1. The zero-order valence-corrected chi connectivity index (χ0v) is 20.3. The standard InChI is InChI=1S/C25H25N5OS2/c1-3-18-9-7-8-12-22(18)29(17(2)31)24-26-20(15-32-24)16-33-25-28-27-23(19-13-14-19)30(25)21-10-5-4-6-11-21/h4-12,15,19H,3,13-14,16H2,1-2H3. The van der Waals surface area contributed by atoms with Crippen LogP contribution in [0.15, 0.2) is 65.1 Å². The van der Waals surface area contributed by atoms with Crippen molar-refractivity contribution in [2.24, 2.45) is 0 Å². The van der Waals surface area contributed by atoms with Gasteiger partial charge in [0.05, 0.1) is 11.4 Å². The zero-order valence-electron chi connectivity index (χ0n) is 18.6. The van der Waals surface area contributed by atoms with Gasteiger partial charge >= 0.3 is 0 Å². The second-order valence-corrected chi connectivity index (χ2v) is 9.81. The normalized spacial score (nSPS) is 13.3. The smallest absolute Gasteiger partial charge is 0.230 e. The molecule has 0 atom stereocenters. The van der Waals surface area contributed by atoms with E-state index in [0.29, 0.717) is 16.8 Å². The highest BCUT2D eigenvalue weighted by molar-refractivity contribution is 7.98. The Morgan fingerprint density at radius 1 is 1.12 bits per heavy atom. The van der Waals surface area contributed by atoms with Gasteiger partial charge in [-0.05, 0) is 43.0 Å². The summed E-state index contributed by atoms with van der Waals surface area (Å²) in [5.41, 5.74) is 4.04. The van der Waals surface area contributed by atoms with Gasteiger partial charge in [-0.25, -0.2) is 4.98 Å². The molecule has 1 aliphatic carbocycles. The Morgan fingerprint density at radius 3 is 2.61 bits per heavy atom. The molecule has 2 aromatic carbocycles. The molecule has 33 heavy (non-hydrogen) atoms. The third kappa shape index (κ3) is 4.58. The number of hydrogen-bond donors (Lipinski definition) is 0. The number of para-hydroxylation sites is 2. The van der Waals surface area contributed by atoms with Crippen molar-refractivity contribution in [3.8, 4) is 5.69 Å². The first kappa shape index (κ1) is 21.9. The maximum Gasteiger partial charge on any atom is 0.230 e. The Labute approximate surface area is 201 Å².